The van der Waals surface area contributed by atoms with Gasteiger partial charge in [0.2, 0.25) is 5.91 Å². The lowest BCUT2D eigenvalue weighted by Gasteiger charge is -2.28. The van der Waals surface area contributed by atoms with Crippen LogP contribution >= 0.6 is 0 Å². The van der Waals surface area contributed by atoms with Gasteiger partial charge in [0.1, 0.15) is 0 Å². The number of carboxylic acids is 1. The molecule has 0 unspecified atom stereocenters. The first-order chi connectivity index (χ1) is 7.98. The number of aliphatic carboxylic acids is 1. The van der Waals surface area contributed by atoms with Crippen molar-refractivity contribution < 1.29 is 14.7 Å². The van der Waals surface area contributed by atoms with Crippen LogP contribution < -0.4 is 11.1 Å². The Kier molecular flexibility index (Phi) is 4.93. The Morgan fingerprint density at radius 2 is 1.82 bits per heavy atom. The molecule has 0 saturated heterocycles. The maximum Gasteiger partial charge on any atom is 0.311 e. The fourth-order valence-electron chi connectivity index (χ4n) is 2.29. The molecule has 1 saturated carbocycles. The molecule has 4 N–H and O–H groups in total. The Hall–Kier alpha value is -1.10. The fraction of sp³-hybridized carbons (Fsp3) is 0.833. The van der Waals surface area contributed by atoms with Crippen molar-refractivity contribution in [2.45, 2.75) is 51.5 Å². The molecule has 17 heavy (non-hydrogen) atoms. The Balaban J connectivity index is 2.64. The zero-order valence-electron chi connectivity index (χ0n) is 10.4. The second-order valence-electron chi connectivity index (χ2n) is 5.01. The number of nitrogens with two attached hydrogens (primary N) is 1. The summed E-state index contributed by atoms with van der Waals surface area (Å²) in [5.74, 6) is -1.08. The van der Waals surface area contributed by atoms with Crippen LogP contribution in [0.1, 0.15) is 45.4 Å². The maximum absolute atomic E-state index is 11.4. The normalized spacial score (nSPS) is 21.3. The molecule has 0 aliphatic heterocycles. The molecule has 1 fully saturated rings. The quantitative estimate of drug-likeness (QED) is 0.638. The minimum Gasteiger partial charge on any atom is -0.481 e. The van der Waals surface area contributed by atoms with Gasteiger partial charge in [-0.15, -0.1) is 0 Å². The van der Waals surface area contributed by atoms with Gasteiger partial charge in [-0.05, 0) is 19.8 Å². The lowest BCUT2D eigenvalue weighted by Crippen LogP contribution is -2.47. The van der Waals surface area contributed by atoms with E-state index in [-0.39, 0.29) is 12.5 Å². The molecule has 1 amide bonds. The first kappa shape index (κ1) is 14.0. The van der Waals surface area contributed by atoms with Crippen molar-refractivity contribution in [1.29, 1.82) is 0 Å². The predicted molar refractivity (Wildman–Crippen MR) is 64.4 cm³/mol. The first-order valence-corrected chi connectivity index (χ1v) is 6.25. The summed E-state index contributed by atoms with van der Waals surface area (Å²) in [5.41, 5.74) is 4.65. The minimum absolute atomic E-state index is 0.197. The van der Waals surface area contributed by atoms with Crippen LogP contribution in [0, 0.1) is 5.41 Å². The predicted octanol–water partition coefficient (Wildman–Crippen LogP) is 0.875. The van der Waals surface area contributed by atoms with E-state index in [1.807, 2.05) is 0 Å². The molecular formula is C12H22N2O3. The number of rotatable bonds is 4. The van der Waals surface area contributed by atoms with Gasteiger partial charge >= 0.3 is 5.97 Å². The summed E-state index contributed by atoms with van der Waals surface area (Å²) in [6.45, 7) is 1.79. The van der Waals surface area contributed by atoms with Gasteiger partial charge < -0.3 is 16.2 Å². The van der Waals surface area contributed by atoms with Crippen LogP contribution in [-0.2, 0) is 9.59 Å². The summed E-state index contributed by atoms with van der Waals surface area (Å²) in [4.78, 5) is 22.8. The summed E-state index contributed by atoms with van der Waals surface area (Å²) in [6, 6.07) is -0.591. The molecular weight excluding hydrogens is 220 g/mol. The van der Waals surface area contributed by atoms with Crippen LogP contribution in [0.3, 0.4) is 0 Å². The smallest absolute Gasteiger partial charge is 0.311 e. The zero-order valence-corrected chi connectivity index (χ0v) is 10.4. The van der Waals surface area contributed by atoms with E-state index in [1.165, 1.54) is 0 Å². The van der Waals surface area contributed by atoms with Gasteiger partial charge in [-0.25, -0.2) is 0 Å². The number of carboxylic acid groups (broad SMARTS) is 1. The van der Waals surface area contributed by atoms with Gasteiger partial charge in [-0.3, -0.25) is 9.59 Å². The molecule has 5 heteroatoms. The zero-order chi connectivity index (χ0) is 12.9. The molecule has 0 radical (unpaired) electrons. The summed E-state index contributed by atoms with van der Waals surface area (Å²) >= 11 is 0. The number of hydrogen-bond acceptors (Lipinski definition) is 3. The highest BCUT2D eigenvalue weighted by Gasteiger charge is 2.38. The van der Waals surface area contributed by atoms with E-state index < -0.39 is 17.4 Å². The summed E-state index contributed by atoms with van der Waals surface area (Å²) < 4.78 is 0. The second-order valence-corrected chi connectivity index (χ2v) is 5.01. The third-order valence-corrected chi connectivity index (χ3v) is 3.53. The Labute approximate surface area is 102 Å². The lowest BCUT2D eigenvalue weighted by atomic mass is 9.80. The van der Waals surface area contributed by atoms with E-state index in [4.69, 9.17) is 5.73 Å². The number of amides is 1. The van der Waals surface area contributed by atoms with E-state index in [9.17, 15) is 14.7 Å². The molecule has 0 bridgehead atoms. The second kappa shape index (κ2) is 6.00. The van der Waals surface area contributed by atoms with Gasteiger partial charge in [0, 0.05) is 6.54 Å². The van der Waals surface area contributed by atoms with Gasteiger partial charge in [0.25, 0.3) is 0 Å². The monoisotopic (exact) mass is 242 g/mol. The Morgan fingerprint density at radius 1 is 1.29 bits per heavy atom. The van der Waals surface area contributed by atoms with Crippen molar-refractivity contribution in [3.05, 3.63) is 0 Å². The standard InChI is InChI=1S/C12H22N2O3/c1-9(13)10(15)14-8-12(11(16)17)6-4-2-3-5-7-12/h9H,2-8,13H2,1H3,(H,14,15)(H,16,17)/t9-/m0/s1. The van der Waals surface area contributed by atoms with Crippen LogP contribution in [0.5, 0.6) is 0 Å². The Bertz CT molecular complexity index is 281. The molecule has 0 aromatic heterocycles. The highest BCUT2D eigenvalue weighted by atomic mass is 16.4. The topological polar surface area (TPSA) is 92.4 Å². The van der Waals surface area contributed by atoms with E-state index in [0.29, 0.717) is 12.8 Å². The lowest BCUT2D eigenvalue weighted by molar-refractivity contribution is -0.149. The van der Waals surface area contributed by atoms with Crippen LogP contribution in [0.4, 0.5) is 0 Å². The van der Waals surface area contributed by atoms with Crippen molar-refractivity contribution in [2.75, 3.05) is 6.54 Å². The van der Waals surface area contributed by atoms with Crippen molar-refractivity contribution in [3.63, 3.8) is 0 Å². The molecule has 0 aromatic carbocycles. The van der Waals surface area contributed by atoms with Crippen LogP contribution in [0.25, 0.3) is 0 Å². The van der Waals surface area contributed by atoms with Crippen LogP contribution in [0.2, 0.25) is 0 Å². The molecule has 5 nitrogen and oxygen atoms in total. The average molecular weight is 242 g/mol. The van der Waals surface area contributed by atoms with Gasteiger partial charge in [-0.2, -0.15) is 0 Å². The van der Waals surface area contributed by atoms with E-state index in [0.717, 1.165) is 25.7 Å². The molecule has 0 spiro atoms. The third-order valence-electron chi connectivity index (χ3n) is 3.53. The van der Waals surface area contributed by atoms with Crippen molar-refractivity contribution in [2.24, 2.45) is 11.1 Å². The highest BCUT2D eigenvalue weighted by Crippen LogP contribution is 2.34. The van der Waals surface area contributed by atoms with Gasteiger partial charge in [0.15, 0.2) is 0 Å². The van der Waals surface area contributed by atoms with Crippen molar-refractivity contribution in [1.82, 2.24) is 5.32 Å². The molecule has 0 aromatic rings. The maximum atomic E-state index is 11.4. The van der Waals surface area contributed by atoms with Gasteiger partial charge in [0.05, 0.1) is 11.5 Å². The molecule has 1 aliphatic rings. The highest BCUT2D eigenvalue weighted by molar-refractivity contribution is 5.82. The molecule has 0 heterocycles. The number of hydrogen-bond donors (Lipinski definition) is 3. The Morgan fingerprint density at radius 3 is 2.24 bits per heavy atom. The van der Waals surface area contributed by atoms with Crippen molar-refractivity contribution in [3.8, 4) is 0 Å². The molecule has 1 atom stereocenters. The van der Waals surface area contributed by atoms with Crippen molar-refractivity contribution >= 4 is 11.9 Å². The van der Waals surface area contributed by atoms with E-state index in [2.05, 4.69) is 5.32 Å². The SMILES string of the molecule is C[C@H](N)C(=O)NCC1(C(=O)O)CCCCCC1. The third kappa shape index (κ3) is 3.70. The van der Waals surface area contributed by atoms with E-state index in [1.54, 1.807) is 6.92 Å². The summed E-state index contributed by atoms with van der Waals surface area (Å²) in [5, 5.41) is 12.0. The van der Waals surface area contributed by atoms with Gasteiger partial charge in [-0.1, -0.05) is 25.7 Å². The van der Waals surface area contributed by atoms with Crippen LogP contribution in [-0.4, -0.2) is 29.6 Å². The number of carbonyl (C=O) groups is 2. The first-order valence-electron chi connectivity index (χ1n) is 6.25. The fourth-order valence-corrected chi connectivity index (χ4v) is 2.29. The number of nitrogens with one attached hydrogen (secondary N) is 1. The average Bonchev–Trinajstić information content (AvgIpc) is 2.52. The minimum atomic E-state index is -0.802. The summed E-state index contributed by atoms with van der Waals surface area (Å²) in [6.07, 6.45) is 5.27. The largest absolute Gasteiger partial charge is 0.481 e. The van der Waals surface area contributed by atoms with Crippen LogP contribution in [0.15, 0.2) is 0 Å². The van der Waals surface area contributed by atoms with E-state index >= 15 is 0 Å². The molecule has 98 valence electrons. The number of carbonyl (C=O) groups excluding carboxylic acids is 1. The molecule has 1 aliphatic carbocycles. The summed E-state index contributed by atoms with van der Waals surface area (Å²) in [7, 11) is 0. The molecule has 1 rings (SSSR count).